The summed E-state index contributed by atoms with van der Waals surface area (Å²) in [5, 5.41) is 5.16. The molecule has 2 amide bonds. The third-order valence-corrected chi connectivity index (χ3v) is 3.19. The number of rotatable bonds is 1. The van der Waals surface area contributed by atoms with Crippen molar-refractivity contribution in [2.24, 2.45) is 10.7 Å². The fourth-order valence-electron chi connectivity index (χ4n) is 1.33. The number of hydrogen-bond acceptors (Lipinski definition) is 2. The van der Waals surface area contributed by atoms with Gasteiger partial charge in [0.15, 0.2) is 5.96 Å². The van der Waals surface area contributed by atoms with E-state index in [0.29, 0.717) is 0 Å². The van der Waals surface area contributed by atoms with Crippen molar-refractivity contribution in [3.05, 3.63) is 27.7 Å². The second-order valence-electron chi connectivity index (χ2n) is 3.55. The maximum atomic E-state index is 11.6. The van der Waals surface area contributed by atoms with Crippen LogP contribution in [0.5, 0.6) is 0 Å². The Morgan fingerprint density at radius 3 is 2.56 bits per heavy atom. The van der Waals surface area contributed by atoms with Gasteiger partial charge in [-0.15, -0.1) is 12.4 Å². The number of halogens is 2. The summed E-state index contributed by atoms with van der Waals surface area (Å²) >= 11 is 3.41. The lowest BCUT2D eigenvalue weighted by Gasteiger charge is -2.13. The lowest BCUT2D eigenvalue weighted by atomic mass is 10.1. The van der Waals surface area contributed by atoms with Crippen LogP contribution in [0, 0.1) is 13.8 Å². The lowest BCUT2D eigenvalue weighted by molar-refractivity contribution is 0.256. The minimum Gasteiger partial charge on any atom is -0.370 e. The molecule has 5 nitrogen and oxygen atoms in total. The highest BCUT2D eigenvalue weighted by molar-refractivity contribution is 9.10. The topological polar surface area (TPSA) is 79.5 Å². The van der Waals surface area contributed by atoms with Gasteiger partial charge >= 0.3 is 6.03 Å². The van der Waals surface area contributed by atoms with Crippen LogP contribution in [-0.2, 0) is 0 Å². The molecule has 0 aromatic heterocycles. The maximum absolute atomic E-state index is 11.6. The molecule has 4 N–H and O–H groups in total. The molecule has 0 atom stereocenters. The Bertz CT molecular complexity index is 476. The minimum absolute atomic E-state index is 0. The quantitative estimate of drug-likeness (QED) is 0.544. The molecule has 0 unspecified atom stereocenters. The molecule has 18 heavy (non-hydrogen) atoms. The molecule has 1 aromatic rings. The zero-order valence-corrected chi connectivity index (χ0v) is 12.8. The molecular weight excluding hydrogens is 320 g/mol. The molecule has 0 saturated heterocycles. The molecule has 1 rings (SSSR count). The SMILES string of the molecule is CN=C(N)NC(=O)Nc1c(C)ccc(Br)c1C.Cl. The molecule has 0 radical (unpaired) electrons. The third kappa shape index (κ3) is 4.19. The number of aryl methyl sites for hydroxylation is 1. The molecule has 0 aliphatic carbocycles. The van der Waals surface area contributed by atoms with Gasteiger partial charge in [-0.1, -0.05) is 22.0 Å². The van der Waals surface area contributed by atoms with Crippen LogP contribution >= 0.6 is 28.3 Å². The first-order valence-corrected chi connectivity index (χ1v) is 5.81. The van der Waals surface area contributed by atoms with E-state index in [-0.39, 0.29) is 18.4 Å². The first kappa shape index (κ1) is 16.7. The van der Waals surface area contributed by atoms with Gasteiger partial charge in [0.05, 0.1) is 0 Å². The Kier molecular flexibility index (Phi) is 6.72. The summed E-state index contributed by atoms with van der Waals surface area (Å²) in [5.41, 5.74) is 8.11. The van der Waals surface area contributed by atoms with E-state index in [1.807, 2.05) is 26.0 Å². The van der Waals surface area contributed by atoms with Gasteiger partial charge in [-0.25, -0.2) is 4.79 Å². The average Bonchev–Trinajstić information content (AvgIpc) is 2.29. The Morgan fingerprint density at radius 1 is 1.39 bits per heavy atom. The molecule has 1 aromatic carbocycles. The van der Waals surface area contributed by atoms with E-state index in [2.05, 4.69) is 31.6 Å². The predicted octanol–water partition coefficient (Wildman–Crippen LogP) is 2.55. The van der Waals surface area contributed by atoms with Crippen molar-refractivity contribution in [1.82, 2.24) is 5.32 Å². The van der Waals surface area contributed by atoms with Gasteiger partial charge in [0.1, 0.15) is 0 Å². The van der Waals surface area contributed by atoms with E-state index >= 15 is 0 Å². The number of nitrogens with one attached hydrogen (secondary N) is 2. The van der Waals surface area contributed by atoms with E-state index < -0.39 is 6.03 Å². The second-order valence-corrected chi connectivity index (χ2v) is 4.41. The molecule has 0 heterocycles. The zero-order valence-electron chi connectivity index (χ0n) is 10.4. The lowest BCUT2D eigenvalue weighted by Crippen LogP contribution is -2.39. The number of nitrogens with zero attached hydrogens (tertiary/aromatic N) is 1. The molecule has 100 valence electrons. The molecule has 0 saturated carbocycles. The first-order valence-electron chi connectivity index (χ1n) is 5.01. The summed E-state index contributed by atoms with van der Waals surface area (Å²) in [6, 6.07) is 3.46. The number of carbonyl (C=O) groups excluding carboxylic acids is 1. The number of aliphatic imine (C=N–C) groups is 1. The molecule has 0 spiro atoms. The van der Waals surface area contributed by atoms with Crippen LogP contribution in [0.4, 0.5) is 10.5 Å². The zero-order chi connectivity index (χ0) is 13.0. The fraction of sp³-hybridized carbons (Fsp3) is 0.273. The van der Waals surface area contributed by atoms with Crippen molar-refractivity contribution in [2.75, 3.05) is 12.4 Å². The highest BCUT2D eigenvalue weighted by Crippen LogP contribution is 2.27. The maximum Gasteiger partial charge on any atom is 0.326 e. The Labute approximate surface area is 121 Å². The van der Waals surface area contributed by atoms with Gasteiger partial charge in [0.25, 0.3) is 0 Å². The van der Waals surface area contributed by atoms with Crippen LogP contribution in [0.15, 0.2) is 21.6 Å². The van der Waals surface area contributed by atoms with Gasteiger partial charge in [-0.2, -0.15) is 0 Å². The third-order valence-electron chi connectivity index (χ3n) is 2.33. The first-order chi connectivity index (χ1) is 7.95. The molecule has 0 bridgehead atoms. The van der Waals surface area contributed by atoms with Crippen molar-refractivity contribution in [3.63, 3.8) is 0 Å². The summed E-state index contributed by atoms with van der Waals surface area (Å²) in [7, 11) is 1.51. The fourth-order valence-corrected chi connectivity index (χ4v) is 1.66. The van der Waals surface area contributed by atoms with E-state index in [1.165, 1.54) is 7.05 Å². The highest BCUT2D eigenvalue weighted by Gasteiger charge is 2.09. The molecule has 7 heteroatoms. The average molecular weight is 336 g/mol. The number of hydrogen-bond donors (Lipinski definition) is 3. The largest absolute Gasteiger partial charge is 0.370 e. The molecule has 0 aliphatic heterocycles. The number of urea groups is 1. The van der Waals surface area contributed by atoms with Crippen LogP contribution < -0.4 is 16.4 Å². The number of benzene rings is 1. The van der Waals surface area contributed by atoms with Crippen molar-refractivity contribution in [1.29, 1.82) is 0 Å². The Morgan fingerprint density at radius 2 is 2.00 bits per heavy atom. The van der Waals surface area contributed by atoms with E-state index in [4.69, 9.17) is 5.73 Å². The van der Waals surface area contributed by atoms with Gasteiger partial charge in [-0.05, 0) is 31.0 Å². The van der Waals surface area contributed by atoms with Gasteiger partial charge in [-0.3, -0.25) is 10.3 Å². The van der Waals surface area contributed by atoms with Crippen molar-refractivity contribution >= 4 is 46.0 Å². The molecule has 0 aliphatic rings. The number of amides is 2. The van der Waals surface area contributed by atoms with Crippen molar-refractivity contribution in [2.45, 2.75) is 13.8 Å². The predicted molar refractivity (Wildman–Crippen MR) is 80.6 cm³/mol. The molecule has 0 fully saturated rings. The van der Waals surface area contributed by atoms with Crippen LogP contribution in [-0.4, -0.2) is 19.0 Å². The Balaban J connectivity index is 0.00000289. The van der Waals surface area contributed by atoms with E-state index in [1.54, 1.807) is 0 Å². The summed E-state index contributed by atoms with van der Waals surface area (Å²) in [6.45, 7) is 3.84. The minimum atomic E-state index is -0.405. The summed E-state index contributed by atoms with van der Waals surface area (Å²) < 4.78 is 0.940. The van der Waals surface area contributed by atoms with Gasteiger partial charge in [0.2, 0.25) is 0 Å². The van der Waals surface area contributed by atoms with Crippen molar-refractivity contribution in [3.8, 4) is 0 Å². The monoisotopic (exact) mass is 334 g/mol. The number of nitrogens with two attached hydrogens (primary N) is 1. The summed E-state index contributed by atoms with van der Waals surface area (Å²) in [4.78, 5) is 15.2. The summed E-state index contributed by atoms with van der Waals surface area (Å²) in [5.74, 6) is 0.0767. The highest BCUT2D eigenvalue weighted by atomic mass is 79.9. The van der Waals surface area contributed by atoms with E-state index in [0.717, 1.165) is 21.3 Å². The van der Waals surface area contributed by atoms with Crippen LogP contribution in [0.1, 0.15) is 11.1 Å². The van der Waals surface area contributed by atoms with Crippen LogP contribution in [0.2, 0.25) is 0 Å². The second kappa shape index (κ2) is 7.23. The Hall–Kier alpha value is -1.27. The van der Waals surface area contributed by atoms with Crippen LogP contribution in [0.3, 0.4) is 0 Å². The standard InChI is InChI=1S/C11H15BrN4O.ClH/c1-6-4-5-8(12)7(2)9(6)15-11(17)16-10(13)14-3;/h4-5H,1-3H3,(H4,13,14,15,16,17);1H. The smallest absolute Gasteiger partial charge is 0.326 e. The van der Waals surface area contributed by atoms with Crippen molar-refractivity contribution < 1.29 is 4.79 Å². The normalized spacial score (nSPS) is 10.6. The number of carbonyl (C=O) groups is 1. The van der Waals surface area contributed by atoms with Gasteiger partial charge < -0.3 is 11.1 Å². The van der Waals surface area contributed by atoms with E-state index in [9.17, 15) is 4.79 Å². The number of guanidine groups is 1. The van der Waals surface area contributed by atoms with Gasteiger partial charge in [0, 0.05) is 17.2 Å². The number of anilines is 1. The van der Waals surface area contributed by atoms with Crippen LogP contribution in [0.25, 0.3) is 0 Å². The molecular formula is C11H16BrClN4O. The summed E-state index contributed by atoms with van der Waals surface area (Å²) in [6.07, 6.45) is 0.